The van der Waals surface area contributed by atoms with E-state index in [0.717, 1.165) is 36.6 Å². The molecule has 3 heterocycles. The van der Waals surface area contributed by atoms with Crippen LogP contribution in [-0.2, 0) is 6.54 Å². The molecule has 0 saturated heterocycles. The molecule has 1 unspecified atom stereocenters. The van der Waals surface area contributed by atoms with Gasteiger partial charge in [0.1, 0.15) is 5.82 Å². The second-order valence-corrected chi connectivity index (χ2v) is 6.76. The molecule has 0 spiro atoms. The monoisotopic (exact) mass is 356 g/mol. The van der Waals surface area contributed by atoms with Gasteiger partial charge in [-0.3, -0.25) is 0 Å². The van der Waals surface area contributed by atoms with Crippen LogP contribution in [0.5, 0.6) is 0 Å². The van der Waals surface area contributed by atoms with Gasteiger partial charge in [-0.15, -0.1) is 5.10 Å². The summed E-state index contributed by atoms with van der Waals surface area (Å²) in [7, 11) is 0. The van der Waals surface area contributed by atoms with E-state index in [4.69, 9.17) is 4.98 Å². The molecule has 1 aliphatic rings. The standard InChI is InChI=1S/C21H20N6/c1-2-5-16(6-3-1)19-7-4-13-27-20(19)24-21(25-27)23-17-8-10-18(11-9-17)26-14-12-22-15-26/h1-3,5-6,8-12,14-15,19H,4,7,13H2,(H,23,25). The van der Waals surface area contributed by atoms with E-state index < -0.39 is 0 Å². The molecule has 6 nitrogen and oxygen atoms in total. The van der Waals surface area contributed by atoms with E-state index in [1.54, 1.807) is 12.5 Å². The van der Waals surface area contributed by atoms with Crippen LogP contribution in [0.15, 0.2) is 73.3 Å². The van der Waals surface area contributed by atoms with Gasteiger partial charge in [-0.2, -0.15) is 4.98 Å². The van der Waals surface area contributed by atoms with E-state index in [0.29, 0.717) is 11.9 Å². The minimum atomic E-state index is 0.312. The normalized spacial score (nSPS) is 16.1. The quantitative estimate of drug-likeness (QED) is 0.597. The number of benzene rings is 2. The molecule has 0 saturated carbocycles. The van der Waals surface area contributed by atoms with Gasteiger partial charge in [0, 0.05) is 36.2 Å². The largest absolute Gasteiger partial charge is 0.323 e. The van der Waals surface area contributed by atoms with Crippen LogP contribution in [0, 0.1) is 0 Å². The van der Waals surface area contributed by atoms with Crippen molar-refractivity contribution in [3.8, 4) is 5.69 Å². The number of nitrogens with one attached hydrogen (secondary N) is 1. The van der Waals surface area contributed by atoms with E-state index in [1.165, 1.54) is 5.56 Å². The lowest BCUT2D eigenvalue weighted by atomic mass is 9.91. The molecule has 0 fully saturated rings. The summed E-state index contributed by atoms with van der Waals surface area (Å²) in [5, 5.41) is 8.01. The molecular weight excluding hydrogens is 336 g/mol. The average Bonchev–Trinajstić information content (AvgIpc) is 3.38. The molecule has 2 aromatic carbocycles. The third kappa shape index (κ3) is 3.10. The zero-order chi connectivity index (χ0) is 18.1. The number of aryl methyl sites for hydroxylation is 1. The van der Waals surface area contributed by atoms with Gasteiger partial charge < -0.3 is 9.88 Å². The smallest absolute Gasteiger partial charge is 0.246 e. The van der Waals surface area contributed by atoms with Gasteiger partial charge in [-0.25, -0.2) is 9.67 Å². The summed E-state index contributed by atoms with van der Waals surface area (Å²) < 4.78 is 4.02. The van der Waals surface area contributed by atoms with Gasteiger partial charge in [0.25, 0.3) is 0 Å². The van der Waals surface area contributed by atoms with Crippen molar-refractivity contribution in [3.05, 3.63) is 84.7 Å². The first-order valence-electron chi connectivity index (χ1n) is 9.22. The van der Waals surface area contributed by atoms with Crippen LogP contribution in [0.1, 0.15) is 30.1 Å². The van der Waals surface area contributed by atoms with Gasteiger partial charge >= 0.3 is 0 Å². The molecule has 5 rings (SSSR count). The molecule has 134 valence electrons. The fourth-order valence-corrected chi connectivity index (χ4v) is 3.66. The van der Waals surface area contributed by atoms with Crippen molar-refractivity contribution in [1.82, 2.24) is 24.3 Å². The van der Waals surface area contributed by atoms with Gasteiger partial charge in [-0.1, -0.05) is 30.3 Å². The topological polar surface area (TPSA) is 60.6 Å². The maximum Gasteiger partial charge on any atom is 0.246 e. The van der Waals surface area contributed by atoms with E-state index in [2.05, 4.69) is 45.7 Å². The molecule has 2 aromatic heterocycles. The summed E-state index contributed by atoms with van der Waals surface area (Å²) in [6.45, 7) is 0.924. The molecule has 1 N–H and O–H groups in total. The second-order valence-electron chi connectivity index (χ2n) is 6.76. The molecule has 1 atom stereocenters. The van der Waals surface area contributed by atoms with Gasteiger partial charge in [0.05, 0.1) is 6.33 Å². The Bertz CT molecular complexity index is 1020. The Hall–Kier alpha value is -3.41. The zero-order valence-electron chi connectivity index (χ0n) is 14.9. The molecule has 6 heteroatoms. The van der Waals surface area contributed by atoms with Crippen LogP contribution in [0.2, 0.25) is 0 Å². The number of aromatic nitrogens is 5. The van der Waals surface area contributed by atoms with Crippen molar-refractivity contribution in [3.63, 3.8) is 0 Å². The summed E-state index contributed by atoms with van der Waals surface area (Å²) in [6.07, 6.45) is 7.72. The van der Waals surface area contributed by atoms with Crippen molar-refractivity contribution in [2.24, 2.45) is 0 Å². The number of hydrogen-bond donors (Lipinski definition) is 1. The van der Waals surface area contributed by atoms with Crippen molar-refractivity contribution in [2.75, 3.05) is 5.32 Å². The van der Waals surface area contributed by atoms with Crippen LogP contribution in [0.25, 0.3) is 5.69 Å². The maximum absolute atomic E-state index is 4.80. The summed E-state index contributed by atoms with van der Waals surface area (Å²) in [4.78, 5) is 8.88. The number of rotatable bonds is 4. The fourth-order valence-electron chi connectivity index (χ4n) is 3.66. The molecular formula is C21H20N6. The van der Waals surface area contributed by atoms with Crippen LogP contribution < -0.4 is 5.32 Å². The maximum atomic E-state index is 4.80. The lowest BCUT2D eigenvalue weighted by Crippen LogP contribution is -2.17. The van der Waals surface area contributed by atoms with Gasteiger partial charge in [0.2, 0.25) is 5.95 Å². The number of fused-ring (bicyclic) bond motifs is 1. The predicted molar refractivity (Wildman–Crippen MR) is 104 cm³/mol. The highest BCUT2D eigenvalue weighted by Gasteiger charge is 2.25. The van der Waals surface area contributed by atoms with Crippen LogP contribution in [-0.4, -0.2) is 24.3 Å². The second kappa shape index (κ2) is 6.72. The Morgan fingerprint density at radius 2 is 1.85 bits per heavy atom. The summed E-state index contributed by atoms with van der Waals surface area (Å²) >= 11 is 0. The number of anilines is 2. The summed E-state index contributed by atoms with van der Waals surface area (Å²) in [5.74, 6) is 2.01. The van der Waals surface area contributed by atoms with Gasteiger partial charge in [-0.05, 0) is 42.7 Å². The molecule has 4 aromatic rings. The van der Waals surface area contributed by atoms with Crippen LogP contribution in [0.4, 0.5) is 11.6 Å². The average molecular weight is 356 g/mol. The first-order valence-corrected chi connectivity index (χ1v) is 9.22. The molecule has 27 heavy (non-hydrogen) atoms. The summed E-state index contributed by atoms with van der Waals surface area (Å²) in [6, 6.07) is 18.7. The highest BCUT2D eigenvalue weighted by Crippen LogP contribution is 2.32. The molecule has 0 radical (unpaired) electrons. The fraction of sp³-hybridized carbons (Fsp3) is 0.190. The van der Waals surface area contributed by atoms with Crippen molar-refractivity contribution >= 4 is 11.6 Å². The van der Waals surface area contributed by atoms with Crippen molar-refractivity contribution in [1.29, 1.82) is 0 Å². The molecule has 0 amide bonds. The number of nitrogens with zero attached hydrogens (tertiary/aromatic N) is 5. The Morgan fingerprint density at radius 1 is 1.00 bits per heavy atom. The zero-order valence-corrected chi connectivity index (χ0v) is 14.9. The lowest BCUT2D eigenvalue weighted by Gasteiger charge is -2.22. The van der Waals surface area contributed by atoms with Crippen molar-refractivity contribution in [2.45, 2.75) is 25.3 Å². The SMILES string of the molecule is c1ccc(C2CCCn3nc(Nc4ccc(-n5ccnc5)cc4)nc32)cc1. The van der Waals surface area contributed by atoms with Crippen LogP contribution >= 0.6 is 0 Å². The Kier molecular flexibility index (Phi) is 3.93. The van der Waals surface area contributed by atoms with E-state index in [9.17, 15) is 0 Å². The van der Waals surface area contributed by atoms with E-state index in [1.807, 2.05) is 39.7 Å². The predicted octanol–water partition coefficient (Wildman–Crippen LogP) is 4.13. The highest BCUT2D eigenvalue weighted by atomic mass is 15.4. The molecule has 1 aliphatic heterocycles. The number of imidazole rings is 1. The molecule has 0 aliphatic carbocycles. The number of hydrogen-bond acceptors (Lipinski definition) is 4. The van der Waals surface area contributed by atoms with Crippen molar-refractivity contribution < 1.29 is 0 Å². The Balaban J connectivity index is 1.39. The minimum absolute atomic E-state index is 0.312. The van der Waals surface area contributed by atoms with E-state index in [-0.39, 0.29) is 0 Å². The first-order chi connectivity index (χ1) is 13.4. The Morgan fingerprint density at radius 3 is 2.63 bits per heavy atom. The summed E-state index contributed by atoms with van der Waals surface area (Å²) in [5.41, 5.74) is 3.35. The lowest BCUT2D eigenvalue weighted by molar-refractivity contribution is 0.446. The highest BCUT2D eigenvalue weighted by molar-refractivity contribution is 5.55. The first kappa shape index (κ1) is 15.8. The van der Waals surface area contributed by atoms with Gasteiger partial charge in [0.15, 0.2) is 0 Å². The third-order valence-corrected chi connectivity index (χ3v) is 5.00. The molecule has 0 bridgehead atoms. The third-order valence-electron chi connectivity index (χ3n) is 5.00. The minimum Gasteiger partial charge on any atom is -0.323 e. The van der Waals surface area contributed by atoms with Crippen LogP contribution in [0.3, 0.4) is 0 Å². The van der Waals surface area contributed by atoms with E-state index >= 15 is 0 Å². The Labute approximate surface area is 157 Å².